The predicted octanol–water partition coefficient (Wildman–Crippen LogP) is 0.807. The number of pyridine rings is 1. The van der Waals surface area contributed by atoms with Gasteiger partial charge in [-0.25, -0.2) is 4.98 Å². The van der Waals surface area contributed by atoms with Gasteiger partial charge in [0.15, 0.2) is 0 Å². The van der Waals surface area contributed by atoms with Gasteiger partial charge in [0.1, 0.15) is 12.4 Å². The van der Waals surface area contributed by atoms with Crippen molar-refractivity contribution < 1.29 is 4.79 Å². The van der Waals surface area contributed by atoms with Crippen molar-refractivity contribution in [2.24, 2.45) is 0 Å². The Hall–Kier alpha value is -2.37. The second kappa shape index (κ2) is 4.65. The molecule has 17 heavy (non-hydrogen) atoms. The number of anilines is 2. The largest absolute Gasteiger partial charge is 0.396 e. The lowest BCUT2D eigenvalue weighted by Gasteiger charge is -2.04. The van der Waals surface area contributed by atoms with E-state index in [1.807, 2.05) is 19.1 Å². The highest BCUT2D eigenvalue weighted by Gasteiger charge is 2.05. The summed E-state index contributed by atoms with van der Waals surface area (Å²) in [5.74, 6) is 0.348. The first-order chi connectivity index (χ1) is 8.13. The van der Waals surface area contributed by atoms with Crippen LogP contribution in [0.1, 0.15) is 5.69 Å². The second-order valence-electron chi connectivity index (χ2n) is 3.68. The molecule has 0 radical (unpaired) electrons. The minimum absolute atomic E-state index is 0.118. The Bertz CT molecular complexity index is 534. The highest BCUT2D eigenvalue weighted by Crippen LogP contribution is 2.04. The van der Waals surface area contributed by atoms with Gasteiger partial charge in [0.2, 0.25) is 5.91 Å². The molecule has 0 unspecified atom stereocenters. The molecule has 0 saturated heterocycles. The first-order valence-electron chi connectivity index (χ1n) is 5.15. The number of aromatic nitrogens is 3. The second-order valence-corrected chi connectivity index (χ2v) is 3.68. The average Bonchev–Trinajstić information content (AvgIpc) is 2.63. The Morgan fingerprint density at radius 2 is 2.35 bits per heavy atom. The van der Waals surface area contributed by atoms with Gasteiger partial charge in [0, 0.05) is 11.9 Å². The Morgan fingerprint density at radius 1 is 1.53 bits per heavy atom. The summed E-state index contributed by atoms with van der Waals surface area (Å²) in [6.07, 6.45) is 3.10. The maximum atomic E-state index is 11.6. The summed E-state index contributed by atoms with van der Waals surface area (Å²) in [6, 6.07) is 5.44. The maximum absolute atomic E-state index is 11.6. The summed E-state index contributed by atoms with van der Waals surface area (Å²) in [7, 11) is 0. The van der Waals surface area contributed by atoms with Crippen LogP contribution in [0.25, 0.3) is 0 Å². The number of carbonyl (C=O) groups is 1. The standard InChI is InChI=1S/C11H13N5O/c1-8-3-2-4-10(14-8)15-11(17)7-16-6-9(12)5-13-16/h2-6H,7,12H2,1H3,(H,14,15,17). The van der Waals surface area contributed by atoms with Crippen LogP contribution in [-0.4, -0.2) is 20.7 Å². The van der Waals surface area contributed by atoms with Gasteiger partial charge in [0.25, 0.3) is 0 Å². The molecule has 0 bridgehead atoms. The van der Waals surface area contributed by atoms with Gasteiger partial charge in [-0.15, -0.1) is 0 Å². The summed E-state index contributed by atoms with van der Waals surface area (Å²) in [5.41, 5.74) is 6.89. The first kappa shape index (κ1) is 11.1. The van der Waals surface area contributed by atoms with Crippen molar-refractivity contribution >= 4 is 17.4 Å². The van der Waals surface area contributed by atoms with Gasteiger partial charge in [-0.1, -0.05) is 6.07 Å². The van der Waals surface area contributed by atoms with Crippen LogP contribution >= 0.6 is 0 Å². The van der Waals surface area contributed by atoms with Crippen molar-refractivity contribution in [1.29, 1.82) is 0 Å². The minimum Gasteiger partial charge on any atom is -0.396 e. The average molecular weight is 231 g/mol. The molecule has 2 aromatic rings. The van der Waals surface area contributed by atoms with E-state index >= 15 is 0 Å². The number of rotatable bonds is 3. The lowest BCUT2D eigenvalue weighted by molar-refractivity contribution is -0.116. The molecule has 88 valence electrons. The molecule has 6 heteroatoms. The first-order valence-corrected chi connectivity index (χ1v) is 5.15. The van der Waals surface area contributed by atoms with Crippen molar-refractivity contribution in [3.05, 3.63) is 36.3 Å². The van der Waals surface area contributed by atoms with E-state index in [0.717, 1.165) is 5.69 Å². The molecule has 0 saturated carbocycles. The molecule has 0 aromatic carbocycles. The van der Waals surface area contributed by atoms with Crippen LogP contribution in [0.5, 0.6) is 0 Å². The van der Waals surface area contributed by atoms with Gasteiger partial charge >= 0.3 is 0 Å². The number of nitrogens with two attached hydrogens (primary N) is 1. The van der Waals surface area contributed by atoms with E-state index in [1.165, 1.54) is 10.9 Å². The van der Waals surface area contributed by atoms with Crippen LogP contribution in [0.15, 0.2) is 30.6 Å². The van der Waals surface area contributed by atoms with E-state index in [2.05, 4.69) is 15.4 Å². The van der Waals surface area contributed by atoms with Crippen molar-refractivity contribution in [3.63, 3.8) is 0 Å². The number of amides is 1. The van der Waals surface area contributed by atoms with Crippen LogP contribution in [-0.2, 0) is 11.3 Å². The summed E-state index contributed by atoms with van der Waals surface area (Å²) in [5, 5.41) is 6.61. The third-order valence-corrected chi connectivity index (χ3v) is 2.11. The van der Waals surface area contributed by atoms with Crippen LogP contribution in [0, 0.1) is 6.92 Å². The Morgan fingerprint density at radius 3 is 3.00 bits per heavy atom. The van der Waals surface area contributed by atoms with Gasteiger partial charge in [0.05, 0.1) is 11.9 Å². The fourth-order valence-corrected chi connectivity index (χ4v) is 1.41. The molecule has 1 amide bonds. The normalized spacial score (nSPS) is 10.2. The molecule has 2 rings (SSSR count). The summed E-state index contributed by atoms with van der Waals surface area (Å²) < 4.78 is 1.47. The number of nitrogens with one attached hydrogen (secondary N) is 1. The molecule has 2 heterocycles. The monoisotopic (exact) mass is 231 g/mol. The molecule has 0 aliphatic rings. The fourth-order valence-electron chi connectivity index (χ4n) is 1.41. The Labute approximate surface area is 98.5 Å². The molecule has 6 nitrogen and oxygen atoms in total. The van der Waals surface area contributed by atoms with Crippen molar-refractivity contribution in [1.82, 2.24) is 14.8 Å². The van der Waals surface area contributed by atoms with Crippen LogP contribution in [0.4, 0.5) is 11.5 Å². The molecular weight excluding hydrogens is 218 g/mol. The molecule has 0 aliphatic carbocycles. The molecule has 0 aliphatic heterocycles. The highest BCUT2D eigenvalue weighted by atomic mass is 16.2. The van der Waals surface area contributed by atoms with Crippen molar-refractivity contribution in [2.45, 2.75) is 13.5 Å². The topological polar surface area (TPSA) is 85.8 Å². The van der Waals surface area contributed by atoms with Gasteiger partial charge in [-0.05, 0) is 19.1 Å². The van der Waals surface area contributed by atoms with Crippen molar-refractivity contribution in [2.75, 3.05) is 11.1 Å². The van der Waals surface area contributed by atoms with E-state index in [4.69, 9.17) is 5.73 Å². The number of hydrogen-bond acceptors (Lipinski definition) is 4. The Balaban J connectivity index is 1.98. The lowest BCUT2D eigenvalue weighted by Crippen LogP contribution is -2.19. The smallest absolute Gasteiger partial charge is 0.247 e. The maximum Gasteiger partial charge on any atom is 0.247 e. The number of aryl methyl sites for hydroxylation is 1. The van der Waals surface area contributed by atoms with E-state index in [-0.39, 0.29) is 12.5 Å². The van der Waals surface area contributed by atoms with Crippen molar-refractivity contribution in [3.8, 4) is 0 Å². The molecule has 0 fully saturated rings. The van der Waals surface area contributed by atoms with Crippen LogP contribution in [0.3, 0.4) is 0 Å². The van der Waals surface area contributed by atoms with E-state index in [9.17, 15) is 4.79 Å². The fraction of sp³-hybridized carbons (Fsp3) is 0.182. The lowest BCUT2D eigenvalue weighted by atomic mass is 10.4. The quantitative estimate of drug-likeness (QED) is 0.818. The molecule has 3 N–H and O–H groups in total. The van der Waals surface area contributed by atoms with Gasteiger partial charge < -0.3 is 11.1 Å². The van der Waals surface area contributed by atoms with Gasteiger partial charge in [-0.3, -0.25) is 9.48 Å². The highest BCUT2D eigenvalue weighted by molar-refractivity contribution is 5.89. The summed E-state index contributed by atoms with van der Waals surface area (Å²) in [4.78, 5) is 15.8. The molecule has 0 atom stereocenters. The van der Waals surface area contributed by atoms with Crippen LogP contribution in [0.2, 0.25) is 0 Å². The minimum atomic E-state index is -0.189. The molecular formula is C11H13N5O. The molecule has 2 aromatic heterocycles. The number of nitrogen functional groups attached to an aromatic ring is 1. The SMILES string of the molecule is Cc1cccc(NC(=O)Cn2cc(N)cn2)n1. The Kier molecular flexibility index (Phi) is 3.04. The summed E-state index contributed by atoms with van der Waals surface area (Å²) >= 11 is 0. The predicted molar refractivity (Wildman–Crippen MR) is 64.2 cm³/mol. The third kappa shape index (κ3) is 3.04. The van der Waals surface area contributed by atoms with Crippen LogP contribution < -0.4 is 11.1 Å². The number of carbonyl (C=O) groups excluding carboxylic acids is 1. The number of hydrogen-bond donors (Lipinski definition) is 2. The van der Waals surface area contributed by atoms with Gasteiger partial charge in [-0.2, -0.15) is 5.10 Å². The zero-order valence-corrected chi connectivity index (χ0v) is 9.42. The number of nitrogens with zero attached hydrogens (tertiary/aromatic N) is 3. The van der Waals surface area contributed by atoms with E-state index in [1.54, 1.807) is 12.3 Å². The molecule has 0 spiro atoms. The third-order valence-electron chi connectivity index (χ3n) is 2.11. The van der Waals surface area contributed by atoms with E-state index in [0.29, 0.717) is 11.5 Å². The zero-order chi connectivity index (χ0) is 12.3. The zero-order valence-electron chi connectivity index (χ0n) is 9.42. The van der Waals surface area contributed by atoms with E-state index < -0.39 is 0 Å². The summed E-state index contributed by atoms with van der Waals surface area (Å²) in [6.45, 7) is 1.98.